The average Bonchev–Trinajstić information content (AvgIpc) is 2.48. The van der Waals surface area contributed by atoms with Gasteiger partial charge >= 0.3 is 0 Å². The maximum atomic E-state index is 5.39. The Bertz CT molecular complexity index is 586. The summed E-state index contributed by atoms with van der Waals surface area (Å²) in [5.41, 5.74) is 2.42. The number of aromatic nitrogens is 2. The summed E-state index contributed by atoms with van der Waals surface area (Å²) in [4.78, 5) is 12.8. The predicted octanol–water partition coefficient (Wildman–Crippen LogP) is 2.58. The first-order valence-corrected chi connectivity index (χ1v) is 7.02. The summed E-state index contributed by atoms with van der Waals surface area (Å²) < 4.78 is 5.39. The largest absolute Gasteiger partial charge is 0.477 e. The van der Waals surface area contributed by atoms with Gasteiger partial charge in [-0.3, -0.25) is 4.98 Å². The van der Waals surface area contributed by atoms with Gasteiger partial charge in [-0.05, 0) is 24.6 Å². The standard InChI is InChI=1S/C16H22N4O/c1-5-21-16-11-17-10-15(18-16)20(4)12-13-7-6-8-14(9-13)19(2)3/h6-11H,5,12H2,1-4H3. The zero-order valence-corrected chi connectivity index (χ0v) is 13.1. The van der Waals surface area contributed by atoms with Crippen LogP contribution >= 0.6 is 0 Å². The number of rotatable bonds is 6. The Morgan fingerprint density at radius 1 is 1.14 bits per heavy atom. The van der Waals surface area contributed by atoms with Crippen LogP contribution in [0.3, 0.4) is 0 Å². The summed E-state index contributed by atoms with van der Waals surface area (Å²) in [6, 6.07) is 8.46. The van der Waals surface area contributed by atoms with E-state index in [1.165, 1.54) is 11.3 Å². The van der Waals surface area contributed by atoms with Crippen LogP contribution in [0.2, 0.25) is 0 Å². The highest BCUT2D eigenvalue weighted by Gasteiger charge is 2.07. The van der Waals surface area contributed by atoms with E-state index < -0.39 is 0 Å². The molecule has 0 atom stereocenters. The molecule has 0 aliphatic heterocycles. The van der Waals surface area contributed by atoms with Gasteiger partial charge in [0.05, 0.1) is 19.0 Å². The van der Waals surface area contributed by atoms with Crippen molar-refractivity contribution in [2.75, 3.05) is 37.5 Å². The van der Waals surface area contributed by atoms with Crippen molar-refractivity contribution >= 4 is 11.5 Å². The van der Waals surface area contributed by atoms with Crippen LogP contribution in [0.1, 0.15) is 12.5 Å². The fourth-order valence-corrected chi connectivity index (χ4v) is 2.03. The summed E-state index contributed by atoms with van der Waals surface area (Å²) in [6.07, 6.45) is 3.38. The molecule has 21 heavy (non-hydrogen) atoms. The molecule has 5 nitrogen and oxygen atoms in total. The first-order chi connectivity index (χ1) is 10.1. The summed E-state index contributed by atoms with van der Waals surface area (Å²) in [5.74, 6) is 1.36. The lowest BCUT2D eigenvalue weighted by molar-refractivity contribution is 0.325. The second-order valence-electron chi connectivity index (χ2n) is 5.07. The third-order valence-electron chi connectivity index (χ3n) is 3.13. The number of nitrogens with zero attached hydrogens (tertiary/aromatic N) is 4. The highest BCUT2D eigenvalue weighted by molar-refractivity contribution is 5.48. The zero-order chi connectivity index (χ0) is 15.2. The van der Waals surface area contributed by atoms with Crippen LogP contribution in [-0.4, -0.2) is 37.7 Å². The number of benzene rings is 1. The topological polar surface area (TPSA) is 41.5 Å². The summed E-state index contributed by atoms with van der Waals surface area (Å²) >= 11 is 0. The normalized spacial score (nSPS) is 10.3. The Hall–Kier alpha value is -2.30. The van der Waals surface area contributed by atoms with Crippen molar-refractivity contribution in [3.63, 3.8) is 0 Å². The van der Waals surface area contributed by atoms with Gasteiger partial charge in [-0.1, -0.05) is 12.1 Å². The molecule has 0 radical (unpaired) electrons. The number of hydrogen-bond donors (Lipinski definition) is 0. The molecule has 0 saturated heterocycles. The molecule has 0 amide bonds. The molecule has 0 bridgehead atoms. The second kappa shape index (κ2) is 6.92. The molecule has 1 heterocycles. The number of hydrogen-bond acceptors (Lipinski definition) is 5. The predicted molar refractivity (Wildman–Crippen MR) is 86.1 cm³/mol. The molecule has 112 valence electrons. The van der Waals surface area contributed by atoms with Gasteiger partial charge in [-0.25, -0.2) is 0 Å². The van der Waals surface area contributed by atoms with Gasteiger partial charge in [0.25, 0.3) is 0 Å². The van der Waals surface area contributed by atoms with E-state index >= 15 is 0 Å². The van der Waals surface area contributed by atoms with E-state index in [0.717, 1.165) is 12.4 Å². The first kappa shape index (κ1) is 15.1. The van der Waals surface area contributed by atoms with Crippen LogP contribution < -0.4 is 14.5 Å². The highest BCUT2D eigenvalue weighted by atomic mass is 16.5. The zero-order valence-electron chi connectivity index (χ0n) is 13.1. The lowest BCUT2D eigenvalue weighted by Gasteiger charge is -2.20. The van der Waals surface area contributed by atoms with E-state index in [2.05, 4.69) is 44.0 Å². The van der Waals surface area contributed by atoms with Crippen LogP contribution in [-0.2, 0) is 6.54 Å². The van der Waals surface area contributed by atoms with Gasteiger partial charge < -0.3 is 14.5 Å². The Labute approximate surface area is 126 Å². The van der Waals surface area contributed by atoms with Crippen molar-refractivity contribution in [3.05, 3.63) is 42.2 Å². The molecule has 1 aromatic carbocycles. The summed E-state index contributed by atoms with van der Waals surface area (Å²) in [7, 11) is 6.09. The van der Waals surface area contributed by atoms with Crippen molar-refractivity contribution in [3.8, 4) is 5.88 Å². The molecule has 2 aromatic rings. The van der Waals surface area contributed by atoms with Crippen molar-refractivity contribution in [2.24, 2.45) is 0 Å². The molecule has 1 aromatic heterocycles. The Morgan fingerprint density at radius 3 is 2.67 bits per heavy atom. The average molecular weight is 286 g/mol. The van der Waals surface area contributed by atoms with E-state index in [9.17, 15) is 0 Å². The van der Waals surface area contributed by atoms with Gasteiger partial charge in [0.15, 0.2) is 5.82 Å². The quantitative estimate of drug-likeness (QED) is 0.816. The number of anilines is 2. The Balaban J connectivity index is 2.12. The van der Waals surface area contributed by atoms with Gasteiger partial charge in [0, 0.05) is 33.4 Å². The maximum absolute atomic E-state index is 5.39. The number of ether oxygens (including phenoxy) is 1. The van der Waals surface area contributed by atoms with E-state index in [-0.39, 0.29) is 0 Å². The van der Waals surface area contributed by atoms with Crippen molar-refractivity contribution in [1.29, 1.82) is 0 Å². The Morgan fingerprint density at radius 2 is 1.95 bits per heavy atom. The Kier molecular flexibility index (Phi) is 4.98. The molecule has 2 rings (SSSR count). The van der Waals surface area contributed by atoms with Crippen molar-refractivity contribution in [2.45, 2.75) is 13.5 Å². The lowest BCUT2D eigenvalue weighted by atomic mass is 10.2. The van der Waals surface area contributed by atoms with E-state index in [1.54, 1.807) is 12.4 Å². The molecule has 0 aliphatic carbocycles. The molecule has 0 spiro atoms. The SMILES string of the molecule is CCOc1cncc(N(C)Cc2cccc(N(C)C)c2)n1. The summed E-state index contributed by atoms with van der Waals surface area (Å²) in [5, 5.41) is 0. The minimum Gasteiger partial charge on any atom is -0.477 e. The fourth-order valence-electron chi connectivity index (χ4n) is 2.03. The van der Waals surface area contributed by atoms with Gasteiger partial charge in [0.2, 0.25) is 5.88 Å². The van der Waals surface area contributed by atoms with E-state index in [0.29, 0.717) is 12.5 Å². The maximum Gasteiger partial charge on any atom is 0.234 e. The molecule has 0 fully saturated rings. The smallest absolute Gasteiger partial charge is 0.234 e. The van der Waals surface area contributed by atoms with Crippen LogP contribution in [0.25, 0.3) is 0 Å². The van der Waals surface area contributed by atoms with E-state index in [4.69, 9.17) is 4.74 Å². The van der Waals surface area contributed by atoms with Crippen LogP contribution in [0.5, 0.6) is 5.88 Å². The molecule has 5 heteroatoms. The van der Waals surface area contributed by atoms with Crippen LogP contribution in [0.15, 0.2) is 36.7 Å². The monoisotopic (exact) mass is 286 g/mol. The van der Waals surface area contributed by atoms with Gasteiger partial charge in [0.1, 0.15) is 0 Å². The summed E-state index contributed by atoms with van der Waals surface area (Å²) in [6.45, 7) is 3.30. The third kappa shape index (κ3) is 4.08. The van der Waals surface area contributed by atoms with Crippen molar-refractivity contribution in [1.82, 2.24) is 9.97 Å². The van der Waals surface area contributed by atoms with Gasteiger partial charge in [-0.15, -0.1) is 0 Å². The van der Waals surface area contributed by atoms with E-state index in [1.807, 2.05) is 28.1 Å². The second-order valence-corrected chi connectivity index (χ2v) is 5.07. The third-order valence-corrected chi connectivity index (χ3v) is 3.13. The molecule has 0 aliphatic rings. The molecular weight excluding hydrogens is 264 g/mol. The lowest BCUT2D eigenvalue weighted by Crippen LogP contribution is -2.18. The minimum atomic E-state index is 0.559. The van der Waals surface area contributed by atoms with Crippen LogP contribution in [0, 0.1) is 0 Å². The fraction of sp³-hybridized carbons (Fsp3) is 0.375. The highest BCUT2D eigenvalue weighted by Crippen LogP contribution is 2.18. The van der Waals surface area contributed by atoms with Crippen LogP contribution in [0.4, 0.5) is 11.5 Å². The minimum absolute atomic E-state index is 0.559. The first-order valence-electron chi connectivity index (χ1n) is 7.02. The molecule has 0 unspecified atom stereocenters. The van der Waals surface area contributed by atoms with Crippen molar-refractivity contribution < 1.29 is 4.74 Å². The molecule has 0 N–H and O–H groups in total. The van der Waals surface area contributed by atoms with Gasteiger partial charge in [-0.2, -0.15) is 4.98 Å². The molecule has 0 saturated carbocycles. The molecular formula is C16H22N4O.